The van der Waals surface area contributed by atoms with Gasteiger partial charge in [0, 0.05) is 42.8 Å². The maximum atomic E-state index is 3.75. The molecule has 0 saturated carbocycles. The van der Waals surface area contributed by atoms with Gasteiger partial charge in [-0.15, -0.1) is 0 Å². The summed E-state index contributed by atoms with van der Waals surface area (Å²) in [7, 11) is 0. The average Bonchev–Trinajstić information content (AvgIpc) is 3.89. The molecule has 0 fully saturated rings. The van der Waals surface area contributed by atoms with E-state index in [4.69, 9.17) is 0 Å². The largest absolute Gasteiger partial charge is 0.309 e. The number of benzene rings is 9. The predicted octanol–water partition coefficient (Wildman–Crippen LogP) is 16.0. The van der Waals surface area contributed by atoms with Gasteiger partial charge in [-0.05, 0) is 147 Å². The van der Waals surface area contributed by atoms with Crippen LogP contribution in [-0.4, -0.2) is 9.13 Å². The third kappa shape index (κ3) is 5.32. The molecule has 2 nitrogen and oxygen atoms in total. The minimum absolute atomic E-state index is 0.0315. The van der Waals surface area contributed by atoms with E-state index in [2.05, 4.69) is 239 Å². The van der Waals surface area contributed by atoms with E-state index in [0.717, 1.165) is 10.2 Å². The fourth-order valence-electron chi connectivity index (χ4n) is 10.1. The fourth-order valence-corrected chi connectivity index (χ4v) is 10.5. The Morgan fingerprint density at radius 3 is 1.48 bits per heavy atom. The molecular weight excluding hydrogens is 793 g/mol. The highest BCUT2D eigenvalue weighted by Gasteiger charge is 2.35. The van der Waals surface area contributed by atoms with Crippen LogP contribution in [0, 0.1) is 0 Å². The SMILES string of the molecule is CC1(C)c2ccccc2-c2cc(-n3c4ccccc4c4cc(-c5cc(-c6cccc(Br)c6)cc(-c6ccc7c(c6)c6ccccc6n7-c6ccccc6)c5)ccc43)ccc21. The second kappa shape index (κ2) is 13.3. The van der Waals surface area contributed by atoms with E-state index in [1.54, 1.807) is 0 Å². The lowest BCUT2D eigenvalue weighted by molar-refractivity contribution is 0.660. The maximum absolute atomic E-state index is 3.75. The number of hydrogen-bond donors (Lipinski definition) is 0. The molecule has 0 N–H and O–H groups in total. The quantitative estimate of drug-likeness (QED) is 0.164. The summed E-state index contributed by atoms with van der Waals surface area (Å²) in [5.74, 6) is 0. The molecule has 0 unspecified atom stereocenters. The van der Waals surface area contributed by atoms with Crippen LogP contribution in [0.2, 0.25) is 0 Å². The molecule has 0 saturated heterocycles. The standard InChI is InChI=1S/C57H39BrN2/c1-57(2)51-20-9-6-17-45(51)48-35-44(25-26-52(48)57)60-54-22-11-8-19-47(54)50-34-38(24-28-56(50)60)41-30-39(36-13-12-14-42(58)32-36)29-40(31-41)37-23-27-55-49(33-37)46-18-7-10-21-53(46)59(55)43-15-4-3-5-16-43/h3-35H,1-2H3. The van der Waals surface area contributed by atoms with E-state index in [0.29, 0.717) is 0 Å². The maximum Gasteiger partial charge on any atom is 0.0541 e. The molecule has 284 valence electrons. The van der Waals surface area contributed by atoms with Crippen molar-refractivity contribution >= 4 is 59.5 Å². The summed E-state index contributed by atoms with van der Waals surface area (Å²) < 4.78 is 5.90. The van der Waals surface area contributed by atoms with Gasteiger partial charge in [-0.2, -0.15) is 0 Å². The van der Waals surface area contributed by atoms with E-state index in [1.807, 2.05) is 0 Å². The Morgan fingerprint density at radius 1 is 0.333 bits per heavy atom. The molecule has 11 aromatic rings. The summed E-state index contributed by atoms with van der Waals surface area (Å²) in [4.78, 5) is 0. The Balaban J connectivity index is 1.04. The molecule has 0 atom stereocenters. The summed E-state index contributed by atoms with van der Waals surface area (Å²) in [5, 5.41) is 4.99. The highest BCUT2D eigenvalue weighted by atomic mass is 79.9. The zero-order valence-corrected chi connectivity index (χ0v) is 34.9. The van der Waals surface area contributed by atoms with Gasteiger partial charge in [0.25, 0.3) is 0 Å². The van der Waals surface area contributed by atoms with Gasteiger partial charge in [0.15, 0.2) is 0 Å². The van der Waals surface area contributed by atoms with Crippen molar-refractivity contribution in [2.75, 3.05) is 0 Å². The summed E-state index contributed by atoms with van der Waals surface area (Å²) >= 11 is 3.75. The van der Waals surface area contributed by atoms with Gasteiger partial charge in [0.05, 0.1) is 22.1 Å². The summed E-state index contributed by atoms with van der Waals surface area (Å²) in [5.41, 5.74) is 19.7. The van der Waals surface area contributed by atoms with E-state index < -0.39 is 0 Å². The van der Waals surface area contributed by atoms with Crippen LogP contribution in [0.3, 0.4) is 0 Å². The van der Waals surface area contributed by atoms with Gasteiger partial charge in [-0.1, -0.05) is 139 Å². The zero-order valence-electron chi connectivity index (χ0n) is 33.3. The number of para-hydroxylation sites is 3. The molecule has 0 spiro atoms. The predicted molar refractivity (Wildman–Crippen MR) is 257 cm³/mol. The van der Waals surface area contributed by atoms with Crippen molar-refractivity contribution in [3.05, 3.63) is 216 Å². The Kier molecular flexibility index (Phi) is 7.76. The summed E-state index contributed by atoms with van der Waals surface area (Å²) in [6, 6.07) is 74.0. The lowest BCUT2D eigenvalue weighted by atomic mass is 9.82. The van der Waals surface area contributed by atoms with Gasteiger partial charge in [0.1, 0.15) is 0 Å². The van der Waals surface area contributed by atoms with Crippen LogP contribution >= 0.6 is 15.9 Å². The van der Waals surface area contributed by atoms with Crippen molar-refractivity contribution in [3.8, 4) is 55.9 Å². The fraction of sp³-hybridized carbons (Fsp3) is 0.0526. The summed E-state index contributed by atoms with van der Waals surface area (Å²) in [6.45, 7) is 4.69. The van der Waals surface area contributed by atoms with Crippen molar-refractivity contribution in [2.24, 2.45) is 0 Å². The highest BCUT2D eigenvalue weighted by Crippen LogP contribution is 2.49. The lowest BCUT2D eigenvalue weighted by Gasteiger charge is -2.21. The van der Waals surface area contributed by atoms with Crippen LogP contribution in [-0.2, 0) is 5.41 Å². The Hall–Kier alpha value is -6.94. The van der Waals surface area contributed by atoms with Gasteiger partial charge in [-0.3, -0.25) is 0 Å². The number of rotatable bonds is 5. The molecule has 9 aromatic carbocycles. The first-order valence-corrected chi connectivity index (χ1v) is 21.5. The number of halogens is 1. The number of nitrogens with zero attached hydrogens (tertiary/aromatic N) is 2. The second-order valence-electron chi connectivity index (χ2n) is 16.7. The van der Waals surface area contributed by atoms with Gasteiger partial charge < -0.3 is 9.13 Å². The molecule has 12 rings (SSSR count). The summed E-state index contributed by atoms with van der Waals surface area (Å²) in [6.07, 6.45) is 0. The number of hydrogen-bond acceptors (Lipinski definition) is 0. The molecule has 3 heteroatoms. The smallest absolute Gasteiger partial charge is 0.0541 e. The Labute approximate surface area is 357 Å². The topological polar surface area (TPSA) is 9.86 Å². The lowest BCUT2D eigenvalue weighted by Crippen LogP contribution is -2.14. The normalized spacial score (nSPS) is 13.1. The van der Waals surface area contributed by atoms with Crippen molar-refractivity contribution in [1.29, 1.82) is 0 Å². The van der Waals surface area contributed by atoms with Crippen LogP contribution in [0.1, 0.15) is 25.0 Å². The third-order valence-corrected chi connectivity index (χ3v) is 13.4. The number of fused-ring (bicyclic) bond motifs is 9. The van der Waals surface area contributed by atoms with E-state index in [-0.39, 0.29) is 5.41 Å². The molecular formula is C57H39BrN2. The average molecular weight is 832 g/mol. The third-order valence-electron chi connectivity index (χ3n) is 12.9. The zero-order chi connectivity index (χ0) is 40.1. The Bertz CT molecular complexity index is 3530. The molecule has 0 amide bonds. The van der Waals surface area contributed by atoms with Crippen LogP contribution in [0.15, 0.2) is 205 Å². The molecule has 0 bridgehead atoms. The number of aromatic nitrogens is 2. The molecule has 1 aliphatic rings. The van der Waals surface area contributed by atoms with Crippen molar-refractivity contribution < 1.29 is 0 Å². The van der Waals surface area contributed by atoms with Crippen molar-refractivity contribution in [1.82, 2.24) is 9.13 Å². The monoisotopic (exact) mass is 830 g/mol. The van der Waals surface area contributed by atoms with Gasteiger partial charge >= 0.3 is 0 Å². The van der Waals surface area contributed by atoms with Crippen molar-refractivity contribution in [3.63, 3.8) is 0 Å². The van der Waals surface area contributed by atoms with Gasteiger partial charge in [0.2, 0.25) is 0 Å². The Morgan fingerprint density at radius 2 is 0.850 bits per heavy atom. The molecule has 0 aliphatic heterocycles. The first kappa shape index (κ1) is 35.0. The van der Waals surface area contributed by atoms with E-state index in [9.17, 15) is 0 Å². The van der Waals surface area contributed by atoms with E-state index >= 15 is 0 Å². The molecule has 60 heavy (non-hydrogen) atoms. The van der Waals surface area contributed by atoms with Crippen molar-refractivity contribution in [2.45, 2.75) is 19.3 Å². The van der Waals surface area contributed by atoms with Gasteiger partial charge in [-0.25, -0.2) is 0 Å². The first-order chi connectivity index (χ1) is 29.4. The van der Waals surface area contributed by atoms with Crippen LogP contribution in [0.5, 0.6) is 0 Å². The molecule has 1 aliphatic carbocycles. The second-order valence-corrected chi connectivity index (χ2v) is 17.6. The molecule has 2 aromatic heterocycles. The molecule has 0 radical (unpaired) electrons. The van der Waals surface area contributed by atoms with E-state index in [1.165, 1.54) is 105 Å². The minimum atomic E-state index is -0.0315. The first-order valence-electron chi connectivity index (χ1n) is 20.7. The highest BCUT2D eigenvalue weighted by molar-refractivity contribution is 9.10. The van der Waals surface area contributed by atoms with Crippen LogP contribution < -0.4 is 0 Å². The van der Waals surface area contributed by atoms with Crippen LogP contribution in [0.4, 0.5) is 0 Å². The van der Waals surface area contributed by atoms with Crippen LogP contribution in [0.25, 0.3) is 99.5 Å². The minimum Gasteiger partial charge on any atom is -0.309 e. The molecule has 2 heterocycles.